The van der Waals surface area contributed by atoms with E-state index < -0.39 is 0 Å². The summed E-state index contributed by atoms with van der Waals surface area (Å²) in [6.45, 7) is 4.24. The molecule has 1 N–H and O–H groups in total. The summed E-state index contributed by atoms with van der Waals surface area (Å²) in [5.74, 6) is 0. The van der Waals surface area contributed by atoms with Gasteiger partial charge in [0, 0.05) is 25.2 Å². The van der Waals surface area contributed by atoms with Crippen molar-refractivity contribution in [2.75, 3.05) is 11.9 Å². The summed E-state index contributed by atoms with van der Waals surface area (Å²) in [5.41, 5.74) is 5.44. The summed E-state index contributed by atoms with van der Waals surface area (Å²) in [6, 6.07) is 6.64. The van der Waals surface area contributed by atoms with Crippen LogP contribution in [0.25, 0.3) is 0 Å². The van der Waals surface area contributed by atoms with Crippen molar-refractivity contribution in [3.05, 3.63) is 45.7 Å². The standard InChI is InChI=1S/C16H20BrN3/c1-2-9-20-15(14(17)11-19-20)10-13-6-3-5-12-7-4-8-18-16(12)13/h3,5-6,11,18H,2,4,7-10H2,1H3. The van der Waals surface area contributed by atoms with Crippen molar-refractivity contribution in [1.82, 2.24) is 9.78 Å². The van der Waals surface area contributed by atoms with Crippen LogP contribution < -0.4 is 5.32 Å². The van der Waals surface area contributed by atoms with Crippen LogP contribution in [0.4, 0.5) is 5.69 Å². The highest BCUT2D eigenvalue weighted by molar-refractivity contribution is 9.10. The number of nitrogens with one attached hydrogen (secondary N) is 1. The van der Waals surface area contributed by atoms with E-state index in [-0.39, 0.29) is 0 Å². The lowest BCUT2D eigenvalue weighted by atomic mass is 9.97. The zero-order chi connectivity index (χ0) is 13.9. The van der Waals surface area contributed by atoms with Gasteiger partial charge in [-0.25, -0.2) is 0 Å². The Morgan fingerprint density at radius 2 is 2.30 bits per heavy atom. The summed E-state index contributed by atoms with van der Waals surface area (Å²) in [5, 5.41) is 8.03. The van der Waals surface area contributed by atoms with Gasteiger partial charge in [0.2, 0.25) is 0 Å². The Labute approximate surface area is 128 Å². The lowest BCUT2D eigenvalue weighted by Crippen LogP contribution is -2.14. The zero-order valence-corrected chi connectivity index (χ0v) is 13.4. The van der Waals surface area contributed by atoms with Crippen LogP contribution in [0, 0.1) is 0 Å². The first-order valence-corrected chi connectivity index (χ1v) is 8.13. The summed E-state index contributed by atoms with van der Waals surface area (Å²) in [7, 11) is 0. The van der Waals surface area contributed by atoms with Crippen molar-refractivity contribution in [2.24, 2.45) is 0 Å². The van der Waals surface area contributed by atoms with E-state index >= 15 is 0 Å². The quantitative estimate of drug-likeness (QED) is 0.916. The Kier molecular flexibility index (Phi) is 4.10. The molecule has 1 aromatic heterocycles. The molecule has 0 saturated carbocycles. The molecule has 1 aliphatic heterocycles. The number of hydrogen-bond donors (Lipinski definition) is 1. The van der Waals surface area contributed by atoms with E-state index in [0.29, 0.717) is 0 Å². The highest BCUT2D eigenvalue weighted by atomic mass is 79.9. The van der Waals surface area contributed by atoms with Crippen molar-refractivity contribution in [3.63, 3.8) is 0 Å². The molecule has 2 aromatic rings. The van der Waals surface area contributed by atoms with Gasteiger partial charge in [0.05, 0.1) is 16.4 Å². The number of benzene rings is 1. The first kappa shape index (κ1) is 13.7. The van der Waals surface area contributed by atoms with Crippen LogP contribution in [-0.2, 0) is 19.4 Å². The Balaban J connectivity index is 1.93. The van der Waals surface area contributed by atoms with Crippen molar-refractivity contribution >= 4 is 21.6 Å². The van der Waals surface area contributed by atoms with E-state index in [9.17, 15) is 0 Å². The fourth-order valence-corrected chi connectivity index (χ4v) is 3.31. The fourth-order valence-electron chi connectivity index (χ4n) is 2.88. The number of aryl methyl sites for hydroxylation is 2. The molecule has 3 nitrogen and oxygen atoms in total. The summed E-state index contributed by atoms with van der Waals surface area (Å²) in [6.07, 6.45) is 6.36. The Bertz CT molecular complexity index is 604. The molecule has 0 aliphatic carbocycles. The Morgan fingerprint density at radius 3 is 3.15 bits per heavy atom. The lowest BCUT2D eigenvalue weighted by molar-refractivity contribution is 0.579. The maximum Gasteiger partial charge on any atom is 0.0635 e. The molecular formula is C16H20BrN3. The zero-order valence-electron chi connectivity index (χ0n) is 11.8. The summed E-state index contributed by atoms with van der Waals surface area (Å²) in [4.78, 5) is 0. The number of rotatable bonds is 4. The Hall–Kier alpha value is -1.29. The second kappa shape index (κ2) is 6.00. The topological polar surface area (TPSA) is 29.9 Å². The van der Waals surface area contributed by atoms with Gasteiger partial charge in [0.1, 0.15) is 0 Å². The van der Waals surface area contributed by atoms with Crippen molar-refractivity contribution in [2.45, 2.75) is 39.2 Å². The number of anilines is 1. The van der Waals surface area contributed by atoms with E-state index in [1.807, 2.05) is 6.20 Å². The fraction of sp³-hybridized carbons (Fsp3) is 0.438. The third-order valence-electron chi connectivity index (χ3n) is 3.85. The first-order valence-electron chi connectivity index (χ1n) is 7.34. The van der Waals surface area contributed by atoms with Gasteiger partial charge in [-0.2, -0.15) is 5.10 Å². The normalized spacial score (nSPS) is 13.9. The van der Waals surface area contributed by atoms with Crippen LogP contribution in [0.1, 0.15) is 36.6 Å². The van der Waals surface area contributed by atoms with Gasteiger partial charge in [-0.1, -0.05) is 25.1 Å². The molecule has 1 aliphatic rings. The molecule has 20 heavy (non-hydrogen) atoms. The van der Waals surface area contributed by atoms with Gasteiger partial charge >= 0.3 is 0 Å². The minimum absolute atomic E-state index is 0.927. The first-order chi connectivity index (χ1) is 9.79. The highest BCUT2D eigenvalue weighted by Crippen LogP contribution is 2.29. The van der Waals surface area contributed by atoms with Gasteiger partial charge in [-0.05, 0) is 46.3 Å². The smallest absolute Gasteiger partial charge is 0.0635 e. The van der Waals surface area contributed by atoms with Crippen molar-refractivity contribution < 1.29 is 0 Å². The number of aromatic nitrogens is 2. The van der Waals surface area contributed by atoms with Gasteiger partial charge in [-0.3, -0.25) is 4.68 Å². The minimum Gasteiger partial charge on any atom is -0.385 e. The van der Waals surface area contributed by atoms with Gasteiger partial charge in [0.15, 0.2) is 0 Å². The van der Waals surface area contributed by atoms with Crippen LogP contribution in [0.5, 0.6) is 0 Å². The largest absolute Gasteiger partial charge is 0.385 e. The number of fused-ring (bicyclic) bond motifs is 1. The summed E-state index contributed by atoms with van der Waals surface area (Å²) >= 11 is 3.64. The molecule has 0 radical (unpaired) electrons. The average molecular weight is 334 g/mol. The van der Waals surface area contributed by atoms with Crippen molar-refractivity contribution in [3.8, 4) is 0 Å². The van der Waals surface area contributed by atoms with Gasteiger partial charge < -0.3 is 5.32 Å². The molecule has 0 unspecified atom stereocenters. The van der Waals surface area contributed by atoms with E-state index in [2.05, 4.69) is 56.2 Å². The SMILES string of the molecule is CCCn1ncc(Br)c1Cc1cccc2c1NCCC2. The molecule has 4 heteroatoms. The number of halogens is 1. The van der Waals surface area contributed by atoms with Gasteiger partial charge in [-0.15, -0.1) is 0 Å². The van der Waals surface area contributed by atoms with E-state index in [4.69, 9.17) is 0 Å². The second-order valence-electron chi connectivity index (χ2n) is 5.32. The maximum atomic E-state index is 4.46. The third-order valence-corrected chi connectivity index (χ3v) is 4.52. The van der Waals surface area contributed by atoms with Crippen LogP contribution in [0.2, 0.25) is 0 Å². The number of hydrogen-bond acceptors (Lipinski definition) is 2. The van der Waals surface area contributed by atoms with Crippen LogP contribution in [-0.4, -0.2) is 16.3 Å². The minimum atomic E-state index is 0.927. The number of para-hydroxylation sites is 1. The maximum absolute atomic E-state index is 4.46. The number of nitrogens with zero attached hydrogens (tertiary/aromatic N) is 2. The molecule has 106 valence electrons. The molecule has 0 amide bonds. The van der Waals surface area contributed by atoms with E-state index in [1.54, 1.807) is 0 Å². The average Bonchev–Trinajstić information content (AvgIpc) is 2.81. The molecule has 0 bridgehead atoms. The molecule has 0 spiro atoms. The van der Waals surface area contributed by atoms with Crippen molar-refractivity contribution in [1.29, 1.82) is 0 Å². The third kappa shape index (κ3) is 2.62. The Morgan fingerprint density at radius 1 is 1.40 bits per heavy atom. The predicted octanol–water partition coefficient (Wildman–Crippen LogP) is 4.00. The monoisotopic (exact) mass is 333 g/mol. The molecule has 0 fully saturated rings. The predicted molar refractivity (Wildman–Crippen MR) is 86.3 cm³/mol. The molecule has 0 saturated heterocycles. The second-order valence-corrected chi connectivity index (χ2v) is 6.18. The van der Waals surface area contributed by atoms with E-state index in [1.165, 1.54) is 35.3 Å². The van der Waals surface area contributed by atoms with Crippen LogP contribution in [0.3, 0.4) is 0 Å². The van der Waals surface area contributed by atoms with Gasteiger partial charge in [0.25, 0.3) is 0 Å². The summed E-state index contributed by atoms with van der Waals surface area (Å²) < 4.78 is 3.23. The molecule has 1 aromatic carbocycles. The molecular weight excluding hydrogens is 314 g/mol. The lowest BCUT2D eigenvalue weighted by Gasteiger charge is -2.21. The highest BCUT2D eigenvalue weighted by Gasteiger charge is 2.15. The van der Waals surface area contributed by atoms with Crippen LogP contribution >= 0.6 is 15.9 Å². The van der Waals surface area contributed by atoms with Crippen LogP contribution in [0.15, 0.2) is 28.9 Å². The molecule has 2 heterocycles. The molecule has 3 rings (SSSR count). The molecule has 0 atom stereocenters. The van der Waals surface area contributed by atoms with E-state index in [0.717, 1.165) is 30.4 Å².